The zero-order valence-corrected chi connectivity index (χ0v) is 11.1. The Morgan fingerprint density at radius 1 is 1.11 bits per heavy atom. The molecule has 0 radical (unpaired) electrons. The van der Waals surface area contributed by atoms with Crippen LogP contribution in [0.2, 0.25) is 15.2 Å². The van der Waals surface area contributed by atoms with Crippen LogP contribution in [-0.2, 0) is 0 Å². The van der Waals surface area contributed by atoms with E-state index in [2.05, 4.69) is 4.98 Å². The number of aromatic carboxylic acids is 1. The van der Waals surface area contributed by atoms with E-state index in [0.29, 0.717) is 21.3 Å². The van der Waals surface area contributed by atoms with Crippen molar-refractivity contribution in [1.82, 2.24) is 4.98 Å². The fraction of sp³-hybridized carbons (Fsp3) is 0. The van der Waals surface area contributed by atoms with Gasteiger partial charge in [-0.3, -0.25) is 0 Å². The number of benzene rings is 1. The Labute approximate surface area is 118 Å². The van der Waals surface area contributed by atoms with Gasteiger partial charge in [0.1, 0.15) is 5.15 Å². The van der Waals surface area contributed by atoms with Crippen molar-refractivity contribution in [3.05, 3.63) is 51.1 Å². The van der Waals surface area contributed by atoms with E-state index in [4.69, 9.17) is 39.9 Å². The van der Waals surface area contributed by atoms with E-state index >= 15 is 0 Å². The first kappa shape index (κ1) is 13.1. The van der Waals surface area contributed by atoms with Crippen LogP contribution >= 0.6 is 34.8 Å². The number of aromatic nitrogens is 1. The summed E-state index contributed by atoms with van der Waals surface area (Å²) >= 11 is 17.9. The Bertz CT molecular complexity index is 608. The standard InChI is InChI=1S/C12H6Cl3NO2/c13-7-2-1-3-8(14)11(7)9-4-6(12(17)18)5-10(15)16-9/h1-5H,(H,17,18). The van der Waals surface area contributed by atoms with Crippen LogP contribution in [0, 0.1) is 0 Å². The van der Waals surface area contributed by atoms with Gasteiger partial charge in [-0.25, -0.2) is 9.78 Å². The molecular weight excluding hydrogens is 296 g/mol. The summed E-state index contributed by atoms with van der Waals surface area (Å²) in [5.74, 6) is -1.09. The Morgan fingerprint density at radius 2 is 1.72 bits per heavy atom. The monoisotopic (exact) mass is 301 g/mol. The summed E-state index contributed by atoms with van der Waals surface area (Å²) in [6.07, 6.45) is 0. The van der Waals surface area contributed by atoms with E-state index in [1.165, 1.54) is 12.1 Å². The van der Waals surface area contributed by atoms with Gasteiger partial charge in [-0.15, -0.1) is 0 Å². The Kier molecular flexibility index (Phi) is 3.76. The molecule has 0 spiro atoms. The quantitative estimate of drug-likeness (QED) is 0.836. The van der Waals surface area contributed by atoms with Crippen LogP contribution in [0.4, 0.5) is 0 Å². The van der Waals surface area contributed by atoms with Crippen LogP contribution < -0.4 is 0 Å². The predicted octanol–water partition coefficient (Wildman–Crippen LogP) is 4.41. The molecule has 1 N–H and O–H groups in total. The first-order valence-corrected chi connectivity index (χ1v) is 5.97. The number of halogens is 3. The first-order chi connectivity index (χ1) is 8.49. The highest BCUT2D eigenvalue weighted by molar-refractivity contribution is 6.39. The molecular formula is C12H6Cl3NO2. The molecule has 0 aliphatic carbocycles. The Hall–Kier alpha value is -1.29. The number of rotatable bonds is 2. The molecule has 92 valence electrons. The lowest BCUT2D eigenvalue weighted by Gasteiger charge is -2.07. The van der Waals surface area contributed by atoms with Crippen LogP contribution in [0.25, 0.3) is 11.3 Å². The molecule has 3 nitrogen and oxygen atoms in total. The van der Waals surface area contributed by atoms with E-state index in [0.717, 1.165) is 0 Å². The van der Waals surface area contributed by atoms with Crippen molar-refractivity contribution in [2.24, 2.45) is 0 Å². The maximum absolute atomic E-state index is 11.0. The van der Waals surface area contributed by atoms with E-state index in [1.54, 1.807) is 18.2 Å². The summed E-state index contributed by atoms with van der Waals surface area (Å²) in [7, 11) is 0. The van der Waals surface area contributed by atoms with Gasteiger partial charge in [0.25, 0.3) is 0 Å². The van der Waals surface area contributed by atoms with Crippen LogP contribution in [-0.4, -0.2) is 16.1 Å². The lowest BCUT2D eigenvalue weighted by molar-refractivity contribution is 0.0697. The number of hydrogen-bond donors (Lipinski definition) is 1. The number of carboxylic acid groups (broad SMARTS) is 1. The summed E-state index contributed by atoms with van der Waals surface area (Å²) in [4.78, 5) is 15.0. The molecule has 0 saturated heterocycles. The molecule has 2 rings (SSSR count). The minimum Gasteiger partial charge on any atom is -0.478 e. The predicted molar refractivity (Wildman–Crippen MR) is 71.7 cm³/mol. The van der Waals surface area contributed by atoms with Gasteiger partial charge in [0, 0.05) is 5.56 Å². The van der Waals surface area contributed by atoms with Crippen LogP contribution in [0.15, 0.2) is 30.3 Å². The highest BCUT2D eigenvalue weighted by Gasteiger charge is 2.13. The molecule has 0 saturated carbocycles. The summed E-state index contributed by atoms with van der Waals surface area (Å²) in [5.41, 5.74) is 0.822. The third-order valence-corrected chi connectivity index (χ3v) is 3.08. The molecule has 18 heavy (non-hydrogen) atoms. The van der Waals surface area contributed by atoms with Gasteiger partial charge in [-0.1, -0.05) is 40.9 Å². The highest BCUT2D eigenvalue weighted by Crippen LogP contribution is 2.34. The molecule has 0 unspecified atom stereocenters. The average Bonchev–Trinajstić information content (AvgIpc) is 2.28. The van der Waals surface area contributed by atoms with Gasteiger partial charge in [-0.2, -0.15) is 0 Å². The zero-order chi connectivity index (χ0) is 13.3. The van der Waals surface area contributed by atoms with Gasteiger partial charge in [0.15, 0.2) is 0 Å². The largest absolute Gasteiger partial charge is 0.478 e. The van der Waals surface area contributed by atoms with Crippen molar-refractivity contribution in [3.8, 4) is 11.3 Å². The minimum atomic E-state index is -1.09. The third kappa shape index (κ3) is 2.58. The number of nitrogens with zero attached hydrogens (tertiary/aromatic N) is 1. The maximum Gasteiger partial charge on any atom is 0.335 e. The van der Waals surface area contributed by atoms with E-state index in [-0.39, 0.29) is 10.7 Å². The summed E-state index contributed by atoms with van der Waals surface area (Å²) < 4.78 is 0. The smallest absolute Gasteiger partial charge is 0.335 e. The van der Waals surface area contributed by atoms with Crippen LogP contribution in [0.1, 0.15) is 10.4 Å². The lowest BCUT2D eigenvalue weighted by Crippen LogP contribution is -1.98. The second-order valence-electron chi connectivity index (χ2n) is 3.47. The first-order valence-electron chi connectivity index (χ1n) is 4.84. The SMILES string of the molecule is O=C(O)c1cc(Cl)nc(-c2c(Cl)cccc2Cl)c1. The maximum atomic E-state index is 11.0. The van der Waals surface area contributed by atoms with Crippen molar-refractivity contribution in [3.63, 3.8) is 0 Å². The highest BCUT2D eigenvalue weighted by atomic mass is 35.5. The van der Waals surface area contributed by atoms with Gasteiger partial charge in [0.2, 0.25) is 0 Å². The van der Waals surface area contributed by atoms with E-state index < -0.39 is 5.97 Å². The molecule has 0 aliphatic heterocycles. The summed E-state index contributed by atoms with van der Waals surface area (Å²) in [6.45, 7) is 0. The molecule has 2 aromatic rings. The third-order valence-electron chi connectivity index (χ3n) is 2.26. The molecule has 0 fully saturated rings. The molecule has 0 amide bonds. The van der Waals surface area contributed by atoms with Crippen molar-refractivity contribution < 1.29 is 9.90 Å². The molecule has 1 aromatic carbocycles. The fourth-order valence-electron chi connectivity index (χ4n) is 1.49. The van der Waals surface area contributed by atoms with E-state index in [1.807, 2.05) is 0 Å². The zero-order valence-electron chi connectivity index (χ0n) is 8.82. The van der Waals surface area contributed by atoms with Crippen LogP contribution in [0.5, 0.6) is 0 Å². The minimum absolute atomic E-state index is 0.0287. The van der Waals surface area contributed by atoms with Crippen LogP contribution in [0.3, 0.4) is 0 Å². The second-order valence-corrected chi connectivity index (χ2v) is 4.67. The van der Waals surface area contributed by atoms with Crippen molar-refractivity contribution >= 4 is 40.8 Å². The fourth-order valence-corrected chi connectivity index (χ4v) is 2.29. The topological polar surface area (TPSA) is 50.2 Å². The average molecular weight is 303 g/mol. The Morgan fingerprint density at radius 3 is 2.28 bits per heavy atom. The molecule has 0 bridgehead atoms. The number of pyridine rings is 1. The number of carbonyl (C=O) groups is 1. The lowest BCUT2D eigenvalue weighted by atomic mass is 10.1. The number of hydrogen-bond acceptors (Lipinski definition) is 2. The molecule has 0 aliphatic rings. The van der Waals surface area contributed by atoms with Gasteiger partial charge >= 0.3 is 5.97 Å². The van der Waals surface area contributed by atoms with Crippen molar-refractivity contribution in [1.29, 1.82) is 0 Å². The molecule has 1 aromatic heterocycles. The molecule has 0 atom stereocenters. The Balaban J connectivity index is 2.68. The molecule has 6 heteroatoms. The van der Waals surface area contributed by atoms with E-state index in [9.17, 15) is 4.79 Å². The van der Waals surface area contributed by atoms with Gasteiger partial charge in [-0.05, 0) is 24.3 Å². The summed E-state index contributed by atoms with van der Waals surface area (Å²) in [5, 5.41) is 9.80. The summed E-state index contributed by atoms with van der Waals surface area (Å²) in [6, 6.07) is 7.62. The second kappa shape index (κ2) is 5.14. The molecule has 1 heterocycles. The normalized spacial score (nSPS) is 10.4. The van der Waals surface area contributed by atoms with Gasteiger partial charge < -0.3 is 5.11 Å². The van der Waals surface area contributed by atoms with Gasteiger partial charge in [0.05, 0.1) is 21.3 Å². The van der Waals surface area contributed by atoms with Crippen molar-refractivity contribution in [2.75, 3.05) is 0 Å². The number of carboxylic acids is 1. The van der Waals surface area contributed by atoms with Crippen molar-refractivity contribution in [2.45, 2.75) is 0 Å².